The minimum Gasteiger partial charge on any atom is -0.494 e. The normalized spacial score (nSPS) is 14.5. The predicted molar refractivity (Wildman–Crippen MR) is 130 cm³/mol. The molecule has 4 rings (SSSR count). The molecular formula is C25H29N4O3S+. The van der Waals surface area contributed by atoms with Crippen molar-refractivity contribution < 1.29 is 14.2 Å². The highest BCUT2D eigenvalue weighted by Crippen LogP contribution is 2.37. The van der Waals surface area contributed by atoms with Crippen LogP contribution in [0.25, 0.3) is 11.3 Å². The Labute approximate surface area is 197 Å². The van der Waals surface area contributed by atoms with Crippen LogP contribution in [-0.2, 0) is 4.79 Å². The van der Waals surface area contributed by atoms with E-state index < -0.39 is 6.17 Å². The first kappa shape index (κ1) is 23.0. The summed E-state index contributed by atoms with van der Waals surface area (Å²) in [5, 5.41) is 5.38. The molecule has 1 aliphatic rings. The molecule has 8 heteroatoms. The number of amides is 1. The molecule has 1 N–H and O–H groups in total. The van der Waals surface area contributed by atoms with Gasteiger partial charge in [-0.2, -0.15) is 0 Å². The number of nitrogens with zero attached hydrogens (tertiary/aromatic N) is 3. The second-order valence-corrected chi connectivity index (χ2v) is 8.98. The van der Waals surface area contributed by atoms with E-state index >= 15 is 0 Å². The Morgan fingerprint density at radius 1 is 1.18 bits per heavy atom. The van der Waals surface area contributed by atoms with Crippen LogP contribution in [-0.4, -0.2) is 28.3 Å². The van der Waals surface area contributed by atoms with Crippen molar-refractivity contribution in [3.8, 4) is 17.0 Å². The molecule has 1 amide bonds. The fraction of sp³-hybridized carbons (Fsp3) is 0.360. The van der Waals surface area contributed by atoms with E-state index in [1.807, 2.05) is 55.5 Å². The maximum absolute atomic E-state index is 13.3. The van der Waals surface area contributed by atoms with Gasteiger partial charge in [0.05, 0.1) is 17.9 Å². The first-order valence-electron chi connectivity index (χ1n) is 11.4. The largest absolute Gasteiger partial charge is 0.494 e. The van der Waals surface area contributed by atoms with Gasteiger partial charge in [0.2, 0.25) is 11.1 Å². The Balaban J connectivity index is 1.90. The van der Waals surface area contributed by atoms with Crippen molar-refractivity contribution in [2.45, 2.75) is 51.4 Å². The molecule has 0 saturated carbocycles. The number of aromatic nitrogens is 3. The molecule has 172 valence electrons. The van der Waals surface area contributed by atoms with Gasteiger partial charge in [-0.05, 0) is 48.4 Å². The summed E-state index contributed by atoms with van der Waals surface area (Å²) in [5.74, 6) is 1.44. The van der Waals surface area contributed by atoms with Crippen molar-refractivity contribution in [1.29, 1.82) is 0 Å². The summed E-state index contributed by atoms with van der Waals surface area (Å²) in [5.41, 5.74) is 2.41. The highest BCUT2D eigenvalue weighted by molar-refractivity contribution is 7.99. The number of H-pyrrole nitrogens is 1. The van der Waals surface area contributed by atoms with E-state index in [4.69, 9.17) is 9.84 Å². The first-order valence-corrected chi connectivity index (χ1v) is 12.3. The lowest BCUT2D eigenvalue weighted by Gasteiger charge is -2.31. The fourth-order valence-electron chi connectivity index (χ4n) is 4.13. The van der Waals surface area contributed by atoms with Crippen LogP contribution in [0.15, 0.2) is 58.5 Å². The number of carbonyl (C=O) groups excluding carboxylic acids is 1. The molecule has 2 heterocycles. The number of unbranched alkanes of at least 4 members (excludes halogenated alkanes) is 2. The number of nitrogens with one attached hydrogen (secondary N) is 1. The summed E-state index contributed by atoms with van der Waals surface area (Å²) >= 11 is 1.53. The Hall–Kier alpha value is -3.13. The smallest absolute Gasteiger partial charge is 0.325 e. The number of thioether (sulfide) groups is 1. The zero-order chi connectivity index (χ0) is 23.4. The van der Waals surface area contributed by atoms with Gasteiger partial charge in [0, 0.05) is 23.3 Å². The molecule has 2 aromatic carbocycles. The van der Waals surface area contributed by atoms with Crippen LogP contribution in [0.5, 0.6) is 5.75 Å². The number of hydrogen-bond donors (Lipinski definition) is 1. The van der Waals surface area contributed by atoms with Crippen molar-refractivity contribution in [1.82, 2.24) is 10.1 Å². The SMILES string of the molecule is CCCCCSc1n[n+]2c(c(=O)[nH]1)-c1ccccc1N(C(C)=O)[C@@H]2c1cccc(OCC)c1. The zero-order valence-electron chi connectivity index (χ0n) is 19.2. The summed E-state index contributed by atoms with van der Waals surface area (Å²) in [6.07, 6.45) is 2.71. The predicted octanol–water partition coefficient (Wildman–Crippen LogP) is 4.32. The highest BCUT2D eigenvalue weighted by Gasteiger charge is 2.44. The van der Waals surface area contributed by atoms with Crippen LogP contribution in [0.1, 0.15) is 51.8 Å². The summed E-state index contributed by atoms with van der Waals surface area (Å²) in [6.45, 7) is 6.16. The third kappa shape index (κ3) is 4.66. The van der Waals surface area contributed by atoms with Crippen LogP contribution < -0.4 is 19.9 Å². The molecule has 0 fully saturated rings. The van der Waals surface area contributed by atoms with Crippen LogP contribution in [0.2, 0.25) is 0 Å². The first-order chi connectivity index (χ1) is 16.0. The Morgan fingerprint density at radius 3 is 2.76 bits per heavy atom. The molecule has 1 aliphatic heterocycles. The lowest BCUT2D eigenvalue weighted by atomic mass is 10.0. The molecule has 1 atom stereocenters. The quantitative estimate of drug-likeness (QED) is 0.305. The molecule has 0 radical (unpaired) electrons. The highest BCUT2D eigenvalue weighted by atomic mass is 32.2. The topological polar surface area (TPSA) is 79.2 Å². The van der Waals surface area contributed by atoms with E-state index in [0.29, 0.717) is 34.5 Å². The fourth-order valence-corrected chi connectivity index (χ4v) is 4.98. The molecule has 7 nitrogen and oxygen atoms in total. The van der Waals surface area contributed by atoms with Crippen LogP contribution in [0.4, 0.5) is 5.69 Å². The molecule has 0 saturated heterocycles. The van der Waals surface area contributed by atoms with Gasteiger partial charge >= 0.3 is 11.3 Å². The lowest BCUT2D eigenvalue weighted by molar-refractivity contribution is -0.763. The number of anilines is 1. The van der Waals surface area contributed by atoms with Gasteiger partial charge in [-0.15, -0.1) is 0 Å². The van der Waals surface area contributed by atoms with Crippen molar-refractivity contribution in [2.24, 2.45) is 0 Å². The maximum Gasteiger partial charge on any atom is 0.325 e. The van der Waals surface area contributed by atoms with E-state index in [1.165, 1.54) is 18.7 Å². The van der Waals surface area contributed by atoms with Crippen molar-refractivity contribution in [3.05, 3.63) is 64.4 Å². The van der Waals surface area contributed by atoms with E-state index in [2.05, 4.69) is 11.9 Å². The molecular weight excluding hydrogens is 436 g/mol. The summed E-state index contributed by atoms with van der Waals surface area (Å²) in [7, 11) is 0. The Kier molecular flexibility index (Phi) is 7.13. The minimum absolute atomic E-state index is 0.133. The van der Waals surface area contributed by atoms with E-state index in [0.717, 1.165) is 30.6 Å². The molecule has 33 heavy (non-hydrogen) atoms. The van der Waals surface area contributed by atoms with E-state index in [-0.39, 0.29) is 11.5 Å². The number of rotatable bonds is 8. The molecule has 0 unspecified atom stereocenters. The van der Waals surface area contributed by atoms with Crippen molar-refractivity contribution in [2.75, 3.05) is 17.3 Å². The van der Waals surface area contributed by atoms with Gasteiger partial charge in [0.25, 0.3) is 6.17 Å². The Bertz CT molecular complexity index is 1210. The zero-order valence-corrected chi connectivity index (χ0v) is 20.0. The molecule has 3 aromatic rings. The van der Waals surface area contributed by atoms with Gasteiger partial charge in [-0.25, -0.2) is 4.90 Å². The summed E-state index contributed by atoms with van der Waals surface area (Å²) in [4.78, 5) is 30.9. The number of para-hydroxylation sites is 1. The second-order valence-electron chi connectivity index (χ2n) is 7.89. The number of ether oxygens (including phenoxy) is 1. The standard InChI is InChI=1S/C25H28N4O3S/c1-4-6-9-15-33-25-26-23(31)22-20-13-7-8-14-21(20)28(17(3)30)24(29(22)27-25)18-11-10-12-19(16-18)32-5-2/h7-8,10-14,16,24H,4-6,9,15H2,1-3H3/p+1/t24-/m0/s1. The monoisotopic (exact) mass is 465 g/mol. The Morgan fingerprint density at radius 2 is 2.00 bits per heavy atom. The van der Waals surface area contributed by atoms with E-state index in [1.54, 1.807) is 9.58 Å². The average Bonchev–Trinajstić information content (AvgIpc) is 2.81. The van der Waals surface area contributed by atoms with Gasteiger partial charge in [0.15, 0.2) is 0 Å². The van der Waals surface area contributed by atoms with Gasteiger partial charge in [-0.3, -0.25) is 14.6 Å². The van der Waals surface area contributed by atoms with Crippen molar-refractivity contribution >= 4 is 23.4 Å². The third-order valence-corrected chi connectivity index (χ3v) is 6.50. The molecule has 0 bridgehead atoms. The van der Waals surface area contributed by atoms with Crippen molar-refractivity contribution in [3.63, 3.8) is 0 Å². The summed E-state index contributed by atoms with van der Waals surface area (Å²) in [6, 6.07) is 15.1. The van der Waals surface area contributed by atoms with E-state index in [9.17, 15) is 9.59 Å². The number of benzene rings is 2. The van der Waals surface area contributed by atoms with Gasteiger partial charge < -0.3 is 4.74 Å². The van der Waals surface area contributed by atoms with Crippen LogP contribution in [0, 0.1) is 0 Å². The van der Waals surface area contributed by atoms with Crippen LogP contribution >= 0.6 is 11.8 Å². The summed E-state index contributed by atoms with van der Waals surface area (Å²) < 4.78 is 7.40. The maximum atomic E-state index is 13.3. The number of aromatic amines is 1. The molecule has 0 spiro atoms. The molecule has 1 aromatic heterocycles. The molecule has 0 aliphatic carbocycles. The third-order valence-electron chi connectivity index (χ3n) is 5.55. The average molecular weight is 466 g/mol. The number of hydrogen-bond acceptors (Lipinski definition) is 5. The van der Waals surface area contributed by atoms with Crippen LogP contribution in [0.3, 0.4) is 0 Å². The second kappa shape index (κ2) is 10.2. The van der Waals surface area contributed by atoms with Gasteiger partial charge in [0.1, 0.15) is 5.75 Å². The number of carbonyl (C=O) groups is 1. The minimum atomic E-state index is -0.606. The number of fused-ring (bicyclic) bond motifs is 3. The lowest BCUT2D eigenvalue weighted by Crippen LogP contribution is -2.60. The van der Waals surface area contributed by atoms with Gasteiger partial charge in [-0.1, -0.05) is 49.7 Å².